The molecule has 66 valence electrons. The van der Waals surface area contributed by atoms with Gasteiger partial charge in [-0.1, -0.05) is 0 Å². The highest BCUT2D eigenvalue weighted by Crippen LogP contribution is 2.15. The van der Waals surface area contributed by atoms with Gasteiger partial charge in [-0.05, 0) is 12.5 Å². The summed E-state index contributed by atoms with van der Waals surface area (Å²) in [6.45, 7) is 1.54. The molecule has 0 fully saturated rings. The number of nitrogens with zero attached hydrogens (tertiary/aromatic N) is 2. The molecule has 0 bridgehead atoms. The third-order valence-electron chi connectivity index (χ3n) is 2.16. The third kappa shape index (κ3) is 1.18. The van der Waals surface area contributed by atoms with Crippen LogP contribution in [0.15, 0.2) is 16.9 Å². The van der Waals surface area contributed by atoms with Crippen LogP contribution in [0.3, 0.4) is 0 Å². The number of pyridine rings is 1. The number of hydrogen-bond donors (Lipinski definition) is 1. The molecule has 4 heteroatoms. The van der Waals surface area contributed by atoms with Crippen molar-refractivity contribution in [1.29, 1.82) is 5.26 Å². The van der Waals surface area contributed by atoms with Crippen LogP contribution in [-0.2, 0) is 6.54 Å². The van der Waals surface area contributed by atoms with Crippen molar-refractivity contribution in [3.63, 3.8) is 0 Å². The summed E-state index contributed by atoms with van der Waals surface area (Å²) in [5.74, 6) is 0.668. The zero-order valence-corrected chi connectivity index (χ0v) is 7.08. The maximum Gasteiger partial charge on any atom is 0.252 e. The van der Waals surface area contributed by atoms with E-state index in [4.69, 9.17) is 5.26 Å². The summed E-state index contributed by atoms with van der Waals surface area (Å²) < 4.78 is 1.61. The van der Waals surface area contributed by atoms with E-state index in [1.54, 1.807) is 10.6 Å². The lowest BCUT2D eigenvalue weighted by atomic mass is 10.2. The average molecular weight is 175 g/mol. The molecule has 0 unspecified atom stereocenters. The Morgan fingerprint density at radius 1 is 1.54 bits per heavy atom. The van der Waals surface area contributed by atoms with E-state index in [9.17, 15) is 4.79 Å². The predicted octanol–water partition coefficient (Wildman–Crippen LogP) is 0.536. The van der Waals surface area contributed by atoms with Crippen molar-refractivity contribution in [3.05, 3.63) is 28.0 Å². The summed E-state index contributed by atoms with van der Waals surface area (Å²) in [6.07, 6.45) is 0.932. The Balaban J connectivity index is 2.68. The van der Waals surface area contributed by atoms with Gasteiger partial charge in [-0.2, -0.15) is 5.26 Å². The van der Waals surface area contributed by atoms with Crippen LogP contribution in [0.2, 0.25) is 0 Å². The number of rotatable bonds is 0. The first-order valence-electron chi connectivity index (χ1n) is 4.21. The Morgan fingerprint density at radius 3 is 3.15 bits per heavy atom. The molecule has 4 nitrogen and oxygen atoms in total. The Kier molecular flexibility index (Phi) is 1.78. The van der Waals surface area contributed by atoms with Crippen LogP contribution in [0.25, 0.3) is 0 Å². The van der Waals surface area contributed by atoms with Crippen molar-refractivity contribution < 1.29 is 0 Å². The van der Waals surface area contributed by atoms with E-state index in [-0.39, 0.29) is 5.56 Å². The summed E-state index contributed by atoms with van der Waals surface area (Å²) >= 11 is 0. The largest absolute Gasteiger partial charge is 0.370 e. The highest BCUT2D eigenvalue weighted by Gasteiger charge is 2.12. The van der Waals surface area contributed by atoms with Crippen molar-refractivity contribution in [2.45, 2.75) is 13.0 Å². The molecule has 1 aromatic heterocycles. The molecule has 0 saturated carbocycles. The van der Waals surface area contributed by atoms with Gasteiger partial charge in [-0.3, -0.25) is 9.36 Å². The maximum absolute atomic E-state index is 11.3. The lowest BCUT2D eigenvalue weighted by molar-refractivity contribution is 0.608. The number of anilines is 1. The number of nitriles is 1. The number of nitrogens with one attached hydrogen (secondary N) is 1. The van der Waals surface area contributed by atoms with E-state index in [0.717, 1.165) is 13.0 Å². The molecule has 1 aromatic rings. The lowest BCUT2D eigenvalue weighted by Gasteiger charge is -2.20. The zero-order chi connectivity index (χ0) is 9.26. The van der Waals surface area contributed by atoms with Gasteiger partial charge in [0.1, 0.15) is 11.9 Å². The Hall–Kier alpha value is -1.76. The molecule has 0 amide bonds. The first-order valence-corrected chi connectivity index (χ1v) is 4.21. The molecule has 0 saturated heterocycles. The first kappa shape index (κ1) is 7.87. The molecule has 1 aliphatic rings. The standard InChI is InChI=1S/C9H9N3O/c10-6-7-2-3-8(13)12-5-1-4-11-9(7)12/h2-3,11H,1,4-5H2. The van der Waals surface area contributed by atoms with Gasteiger partial charge in [0.15, 0.2) is 0 Å². The Morgan fingerprint density at radius 2 is 2.38 bits per heavy atom. The van der Waals surface area contributed by atoms with Gasteiger partial charge in [-0.25, -0.2) is 0 Å². The van der Waals surface area contributed by atoms with Gasteiger partial charge in [0.25, 0.3) is 5.56 Å². The van der Waals surface area contributed by atoms with E-state index >= 15 is 0 Å². The normalized spacial score (nSPS) is 14.1. The fourth-order valence-electron chi connectivity index (χ4n) is 1.53. The van der Waals surface area contributed by atoms with E-state index in [1.807, 2.05) is 0 Å². The van der Waals surface area contributed by atoms with Crippen LogP contribution in [0, 0.1) is 11.3 Å². The van der Waals surface area contributed by atoms with Crippen LogP contribution in [-0.4, -0.2) is 11.1 Å². The smallest absolute Gasteiger partial charge is 0.252 e. The first-order chi connectivity index (χ1) is 6.33. The van der Waals surface area contributed by atoms with E-state index in [0.29, 0.717) is 17.9 Å². The molecule has 2 rings (SSSR count). The molecule has 13 heavy (non-hydrogen) atoms. The Labute approximate surface area is 75.4 Å². The molecule has 0 aliphatic carbocycles. The molecular formula is C9H9N3O. The minimum atomic E-state index is -0.0406. The van der Waals surface area contributed by atoms with Gasteiger partial charge in [-0.15, -0.1) is 0 Å². The summed E-state index contributed by atoms with van der Waals surface area (Å²) in [5.41, 5.74) is 0.500. The predicted molar refractivity (Wildman–Crippen MR) is 48.5 cm³/mol. The fourth-order valence-corrected chi connectivity index (χ4v) is 1.53. The van der Waals surface area contributed by atoms with Crippen molar-refractivity contribution >= 4 is 5.82 Å². The van der Waals surface area contributed by atoms with Gasteiger partial charge in [0, 0.05) is 19.2 Å². The molecule has 0 atom stereocenters. The van der Waals surface area contributed by atoms with E-state index < -0.39 is 0 Å². The van der Waals surface area contributed by atoms with Crippen LogP contribution in [0.5, 0.6) is 0 Å². The Bertz CT molecular complexity index is 427. The van der Waals surface area contributed by atoms with Gasteiger partial charge >= 0.3 is 0 Å². The molecule has 0 spiro atoms. The van der Waals surface area contributed by atoms with E-state index in [2.05, 4.69) is 11.4 Å². The third-order valence-corrected chi connectivity index (χ3v) is 2.16. The van der Waals surface area contributed by atoms with Crippen molar-refractivity contribution in [2.75, 3.05) is 11.9 Å². The zero-order valence-electron chi connectivity index (χ0n) is 7.08. The molecule has 0 aromatic carbocycles. The second kappa shape index (κ2) is 2.94. The average Bonchev–Trinajstić information content (AvgIpc) is 2.19. The van der Waals surface area contributed by atoms with Crippen LogP contribution < -0.4 is 10.9 Å². The monoisotopic (exact) mass is 175 g/mol. The minimum Gasteiger partial charge on any atom is -0.370 e. The topological polar surface area (TPSA) is 57.8 Å². The molecular weight excluding hydrogens is 166 g/mol. The van der Waals surface area contributed by atoms with Gasteiger partial charge < -0.3 is 5.32 Å². The molecule has 2 heterocycles. The second-order valence-corrected chi connectivity index (χ2v) is 2.98. The van der Waals surface area contributed by atoms with Gasteiger partial charge in [0.05, 0.1) is 5.56 Å². The van der Waals surface area contributed by atoms with Crippen LogP contribution in [0.4, 0.5) is 5.82 Å². The maximum atomic E-state index is 11.3. The lowest BCUT2D eigenvalue weighted by Crippen LogP contribution is -2.29. The minimum absolute atomic E-state index is 0.0406. The molecule has 1 N–H and O–H groups in total. The SMILES string of the molecule is N#Cc1ccc(=O)n2c1NCCC2. The highest BCUT2D eigenvalue weighted by molar-refractivity contribution is 5.53. The summed E-state index contributed by atoms with van der Waals surface area (Å²) in [6, 6.07) is 5.06. The summed E-state index contributed by atoms with van der Waals surface area (Å²) in [5, 5.41) is 11.8. The summed E-state index contributed by atoms with van der Waals surface area (Å²) in [4.78, 5) is 11.3. The molecule has 1 aliphatic heterocycles. The number of hydrogen-bond acceptors (Lipinski definition) is 3. The van der Waals surface area contributed by atoms with Crippen molar-refractivity contribution in [1.82, 2.24) is 4.57 Å². The van der Waals surface area contributed by atoms with Gasteiger partial charge in [0.2, 0.25) is 0 Å². The quantitative estimate of drug-likeness (QED) is 0.626. The fraction of sp³-hybridized carbons (Fsp3) is 0.333. The van der Waals surface area contributed by atoms with E-state index in [1.165, 1.54) is 6.07 Å². The summed E-state index contributed by atoms with van der Waals surface area (Å²) in [7, 11) is 0. The number of aromatic nitrogens is 1. The van der Waals surface area contributed by atoms with Crippen molar-refractivity contribution in [2.24, 2.45) is 0 Å². The van der Waals surface area contributed by atoms with Crippen LogP contribution in [0.1, 0.15) is 12.0 Å². The second-order valence-electron chi connectivity index (χ2n) is 2.98. The molecule has 0 radical (unpaired) electrons. The van der Waals surface area contributed by atoms with Crippen molar-refractivity contribution in [3.8, 4) is 6.07 Å². The number of fused-ring (bicyclic) bond motifs is 1. The van der Waals surface area contributed by atoms with Crippen LogP contribution >= 0.6 is 0 Å². The highest BCUT2D eigenvalue weighted by atomic mass is 16.1.